The highest BCUT2D eigenvalue weighted by molar-refractivity contribution is 7.10. The van der Waals surface area contributed by atoms with Gasteiger partial charge in [-0.2, -0.15) is 0 Å². The summed E-state index contributed by atoms with van der Waals surface area (Å²) in [5, 5.41) is 16.4. The van der Waals surface area contributed by atoms with E-state index in [1.165, 1.54) is 12.1 Å². The summed E-state index contributed by atoms with van der Waals surface area (Å²) in [4.78, 5) is 11.2. The van der Waals surface area contributed by atoms with Crippen molar-refractivity contribution in [3.8, 4) is 0 Å². The van der Waals surface area contributed by atoms with Gasteiger partial charge in [-0.1, -0.05) is 23.2 Å². The second-order valence-electron chi connectivity index (χ2n) is 3.51. The van der Waals surface area contributed by atoms with Gasteiger partial charge in [-0.15, -0.1) is 11.3 Å². The van der Waals surface area contributed by atoms with Crippen LogP contribution in [0, 0.1) is 10.1 Å². The van der Waals surface area contributed by atoms with Crippen LogP contribution in [0.5, 0.6) is 0 Å². The number of benzene rings is 1. The molecule has 0 spiro atoms. The van der Waals surface area contributed by atoms with Gasteiger partial charge < -0.3 is 5.32 Å². The van der Waals surface area contributed by atoms with Crippen LogP contribution in [0.15, 0.2) is 29.6 Å². The van der Waals surface area contributed by atoms with Crippen LogP contribution >= 0.6 is 34.5 Å². The Morgan fingerprint density at radius 3 is 2.67 bits per heavy atom. The lowest BCUT2D eigenvalue weighted by Gasteiger charge is -2.05. The fourth-order valence-electron chi connectivity index (χ4n) is 1.40. The predicted octanol–water partition coefficient (Wildman–Crippen LogP) is 4.58. The lowest BCUT2D eigenvalue weighted by Crippen LogP contribution is -1.98. The topological polar surface area (TPSA) is 55.2 Å². The maximum atomic E-state index is 10.6. The molecule has 0 aliphatic heterocycles. The maximum absolute atomic E-state index is 10.6. The highest BCUT2D eigenvalue weighted by Gasteiger charge is 2.11. The van der Waals surface area contributed by atoms with Gasteiger partial charge in [0.1, 0.15) is 5.02 Å². The average Bonchev–Trinajstić information content (AvgIpc) is 2.72. The minimum atomic E-state index is -0.509. The zero-order valence-electron chi connectivity index (χ0n) is 9.02. The average molecular weight is 303 g/mol. The third kappa shape index (κ3) is 3.13. The number of rotatable bonds is 4. The van der Waals surface area contributed by atoms with E-state index in [0.717, 1.165) is 10.6 Å². The highest BCUT2D eigenvalue weighted by atomic mass is 35.5. The van der Waals surface area contributed by atoms with E-state index in [-0.39, 0.29) is 10.7 Å². The fourth-order valence-corrected chi connectivity index (χ4v) is 2.66. The van der Waals surface area contributed by atoms with Crippen LogP contribution in [-0.2, 0) is 6.54 Å². The smallest absolute Gasteiger partial charge is 0.288 e. The van der Waals surface area contributed by atoms with Crippen molar-refractivity contribution in [2.75, 3.05) is 5.32 Å². The Kier molecular flexibility index (Phi) is 4.06. The van der Waals surface area contributed by atoms with Crippen molar-refractivity contribution in [3.63, 3.8) is 0 Å². The molecule has 0 amide bonds. The molecular formula is C11H8Cl2N2O2S. The number of halogens is 2. The van der Waals surface area contributed by atoms with Gasteiger partial charge in [0.05, 0.1) is 9.95 Å². The van der Waals surface area contributed by atoms with E-state index < -0.39 is 4.92 Å². The predicted molar refractivity (Wildman–Crippen MR) is 74.8 cm³/mol. The zero-order valence-corrected chi connectivity index (χ0v) is 11.4. The van der Waals surface area contributed by atoms with Crippen molar-refractivity contribution in [1.82, 2.24) is 0 Å². The van der Waals surface area contributed by atoms with E-state index in [4.69, 9.17) is 23.2 Å². The molecule has 2 aromatic rings. The second-order valence-corrected chi connectivity index (χ2v) is 5.35. The SMILES string of the molecule is O=[N+]([O-])c1ccc(NCc2cc(Cl)cs2)cc1Cl. The largest absolute Gasteiger partial charge is 0.380 e. The van der Waals surface area contributed by atoms with Gasteiger partial charge in [0.25, 0.3) is 5.69 Å². The van der Waals surface area contributed by atoms with Gasteiger partial charge in [-0.05, 0) is 18.2 Å². The normalized spacial score (nSPS) is 10.3. The summed E-state index contributed by atoms with van der Waals surface area (Å²) < 4.78 is 0. The van der Waals surface area contributed by atoms with Crippen LogP contribution in [0.2, 0.25) is 10.0 Å². The summed E-state index contributed by atoms with van der Waals surface area (Å²) in [6.07, 6.45) is 0. The van der Waals surface area contributed by atoms with Crippen molar-refractivity contribution >= 4 is 45.9 Å². The minimum Gasteiger partial charge on any atom is -0.380 e. The number of hydrogen-bond acceptors (Lipinski definition) is 4. The van der Waals surface area contributed by atoms with Crippen molar-refractivity contribution in [2.45, 2.75) is 6.54 Å². The number of nitrogens with one attached hydrogen (secondary N) is 1. The highest BCUT2D eigenvalue weighted by Crippen LogP contribution is 2.28. The molecule has 94 valence electrons. The number of anilines is 1. The molecule has 0 aliphatic carbocycles. The molecule has 0 bridgehead atoms. The monoisotopic (exact) mass is 302 g/mol. The molecule has 0 radical (unpaired) electrons. The van der Waals surface area contributed by atoms with Gasteiger partial charge in [0.2, 0.25) is 0 Å². The van der Waals surface area contributed by atoms with E-state index in [0.29, 0.717) is 11.6 Å². The van der Waals surface area contributed by atoms with Crippen LogP contribution in [0.1, 0.15) is 4.88 Å². The number of nitro benzene ring substituents is 1. The third-order valence-corrected chi connectivity index (χ3v) is 3.82. The first-order valence-corrected chi connectivity index (χ1v) is 6.60. The summed E-state index contributed by atoms with van der Waals surface area (Å²) in [5.41, 5.74) is 0.636. The van der Waals surface area contributed by atoms with E-state index in [9.17, 15) is 10.1 Å². The summed E-state index contributed by atoms with van der Waals surface area (Å²) >= 11 is 13.2. The fraction of sp³-hybridized carbons (Fsp3) is 0.0909. The number of nitrogens with zero attached hydrogens (tertiary/aromatic N) is 1. The molecule has 0 unspecified atom stereocenters. The third-order valence-electron chi connectivity index (χ3n) is 2.23. The van der Waals surface area contributed by atoms with E-state index in [1.807, 2.05) is 11.4 Å². The zero-order chi connectivity index (χ0) is 13.1. The Morgan fingerprint density at radius 1 is 1.33 bits per heavy atom. The summed E-state index contributed by atoms with van der Waals surface area (Å²) in [5.74, 6) is 0. The molecule has 0 aliphatic rings. The Balaban J connectivity index is 2.06. The Hall–Kier alpha value is -1.30. The van der Waals surface area contributed by atoms with E-state index in [2.05, 4.69) is 5.32 Å². The Morgan fingerprint density at radius 2 is 2.11 bits per heavy atom. The van der Waals surface area contributed by atoms with Gasteiger partial charge >= 0.3 is 0 Å². The van der Waals surface area contributed by atoms with Crippen LogP contribution in [0.4, 0.5) is 11.4 Å². The van der Waals surface area contributed by atoms with Crippen molar-refractivity contribution in [3.05, 3.63) is 54.7 Å². The van der Waals surface area contributed by atoms with Crippen molar-refractivity contribution < 1.29 is 4.92 Å². The molecule has 0 saturated carbocycles. The molecule has 2 rings (SSSR count). The number of thiophene rings is 1. The van der Waals surface area contributed by atoms with Gasteiger partial charge in [-0.25, -0.2) is 0 Å². The molecule has 18 heavy (non-hydrogen) atoms. The van der Waals surface area contributed by atoms with Gasteiger partial charge in [0.15, 0.2) is 0 Å². The second kappa shape index (κ2) is 5.56. The molecule has 4 nitrogen and oxygen atoms in total. The van der Waals surface area contributed by atoms with E-state index >= 15 is 0 Å². The summed E-state index contributed by atoms with van der Waals surface area (Å²) in [6.45, 7) is 0.603. The molecule has 7 heteroatoms. The van der Waals surface area contributed by atoms with Crippen LogP contribution in [-0.4, -0.2) is 4.92 Å². The molecule has 0 saturated heterocycles. The molecule has 1 heterocycles. The van der Waals surface area contributed by atoms with E-state index in [1.54, 1.807) is 17.4 Å². The Bertz CT molecular complexity index is 586. The van der Waals surface area contributed by atoms with Crippen LogP contribution in [0.25, 0.3) is 0 Å². The number of hydrogen-bond donors (Lipinski definition) is 1. The first-order valence-electron chi connectivity index (χ1n) is 4.97. The minimum absolute atomic E-state index is 0.0959. The molecule has 0 atom stereocenters. The summed E-state index contributed by atoms with van der Waals surface area (Å²) in [6, 6.07) is 6.41. The standard InChI is InChI=1S/C11H8Cl2N2O2S/c12-7-3-9(18-6-7)5-14-8-1-2-11(15(16)17)10(13)4-8/h1-4,6,14H,5H2. The van der Waals surface area contributed by atoms with Crippen molar-refractivity contribution in [2.24, 2.45) is 0 Å². The summed E-state index contributed by atoms with van der Waals surface area (Å²) in [7, 11) is 0. The van der Waals surface area contributed by atoms with Gasteiger partial charge in [0, 0.05) is 28.6 Å². The molecule has 1 aromatic heterocycles. The van der Waals surface area contributed by atoms with Crippen LogP contribution < -0.4 is 5.32 Å². The lowest BCUT2D eigenvalue weighted by atomic mass is 10.3. The van der Waals surface area contributed by atoms with Crippen molar-refractivity contribution in [1.29, 1.82) is 0 Å². The van der Waals surface area contributed by atoms with Crippen LogP contribution in [0.3, 0.4) is 0 Å². The molecule has 0 fully saturated rings. The maximum Gasteiger partial charge on any atom is 0.288 e. The molecule has 1 aromatic carbocycles. The molecular weight excluding hydrogens is 295 g/mol. The first kappa shape index (κ1) is 13.1. The quantitative estimate of drug-likeness (QED) is 0.664. The van der Waals surface area contributed by atoms with Gasteiger partial charge in [-0.3, -0.25) is 10.1 Å². The first-order chi connectivity index (χ1) is 8.56. The lowest BCUT2D eigenvalue weighted by molar-refractivity contribution is -0.384. The Labute approximate surface area is 117 Å². The number of nitro groups is 1. The molecule has 1 N–H and O–H groups in total.